The number of nitrogens with one attached hydrogen (secondary N) is 1. The average molecular weight is 448 g/mol. The van der Waals surface area contributed by atoms with E-state index >= 15 is 0 Å². The highest BCUT2D eigenvalue weighted by atomic mass is 32.2. The lowest BCUT2D eigenvalue weighted by Crippen LogP contribution is -2.32. The van der Waals surface area contributed by atoms with E-state index in [0.29, 0.717) is 18.0 Å². The van der Waals surface area contributed by atoms with Gasteiger partial charge in [-0.25, -0.2) is 0 Å². The average Bonchev–Trinajstić information content (AvgIpc) is 2.75. The maximum atomic E-state index is 12.4. The first kappa shape index (κ1) is 22.7. The van der Waals surface area contributed by atoms with Crippen LogP contribution in [0, 0.1) is 16.0 Å². The van der Waals surface area contributed by atoms with Gasteiger partial charge >= 0.3 is 10.1 Å². The predicted octanol–water partition coefficient (Wildman–Crippen LogP) is 2.82. The van der Waals surface area contributed by atoms with Crippen molar-refractivity contribution in [3.8, 4) is 5.75 Å². The highest BCUT2D eigenvalue weighted by molar-refractivity contribution is 7.87. The molecule has 0 saturated carbocycles. The summed E-state index contributed by atoms with van der Waals surface area (Å²) in [5.74, 6) is 0.390. The second-order valence-corrected chi connectivity index (χ2v) is 9.15. The van der Waals surface area contributed by atoms with Crippen LogP contribution in [0.1, 0.15) is 29.6 Å². The zero-order valence-electron chi connectivity index (χ0n) is 17.2. The summed E-state index contributed by atoms with van der Waals surface area (Å²) in [6.07, 6.45) is 3.21. The molecule has 0 bridgehead atoms. The summed E-state index contributed by atoms with van der Waals surface area (Å²) in [5.41, 5.74) is 0.0421. The number of nitro groups is 1. The van der Waals surface area contributed by atoms with Crippen LogP contribution in [0.15, 0.2) is 53.4 Å². The van der Waals surface area contributed by atoms with E-state index in [1.54, 1.807) is 0 Å². The van der Waals surface area contributed by atoms with Crippen LogP contribution in [-0.2, 0) is 10.1 Å². The van der Waals surface area contributed by atoms with E-state index < -0.39 is 15.0 Å². The van der Waals surface area contributed by atoms with Gasteiger partial charge in [-0.2, -0.15) is 8.42 Å². The number of carbonyl (C=O) groups excluding carboxylic acids is 1. The molecule has 1 fully saturated rings. The third kappa shape index (κ3) is 6.25. The summed E-state index contributed by atoms with van der Waals surface area (Å²) < 4.78 is 29.8. The molecule has 31 heavy (non-hydrogen) atoms. The van der Waals surface area contributed by atoms with E-state index in [4.69, 9.17) is 4.18 Å². The molecule has 2 aromatic carbocycles. The Balaban J connectivity index is 1.55. The number of benzene rings is 2. The number of hydrogen-bond donors (Lipinski definition) is 1. The van der Waals surface area contributed by atoms with Gasteiger partial charge in [0.05, 0.1) is 4.92 Å². The second kappa shape index (κ2) is 9.88. The molecule has 1 heterocycles. The van der Waals surface area contributed by atoms with Gasteiger partial charge in [-0.05, 0) is 75.6 Å². The molecule has 1 aliphatic heterocycles. The topological polar surface area (TPSA) is 119 Å². The minimum absolute atomic E-state index is 0.00869. The number of non-ortho nitro benzene ring substituents is 1. The molecule has 1 N–H and O–H groups in total. The number of likely N-dealkylation sites (tertiary alicyclic amines) is 1. The molecular formula is C21H25N3O6S. The maximum absolute atomic E-state index is 12.4. The Bertz CT molecular complexity index is 1030. The Morgan fingerprint density at radius 3 is 2.52 bits per heavy atom. The van der Waals surface area contributed by atoms with Crippen LogP contribution in [0.25, 0.3) is 0 Å². The van der Waals surface area contributed by atoms with Crippen molar-refractivity contribution in [2.24, 2.45) is 5.92 Å². The van der Waals surface area contributed by atoms with Crippen LogP contribution >= 0.6 is 0 Å². The highest BCUT2D eigenvalue weighted by Crippen LogP contribution is 2.23. The van der Waals surface area contributed by atoms with Crippen molar-refractivity contribution < 1.29 is 22.3 Å². The Kier molecular flexibility index (Phi) is 7.24. The monoisotopic (exact) mass is 447 g/mol. The van der Waals surface area contributed by atoms with Gasteiger partial charge in [0.2, 0.25) is 0 Å². The van der Waals surface area contributed by atoms with Crippen LogP contribution in [-0.4, -0.2) is 50.8 Å². The van der Waals surface area contributed by atoms with Crippen LogP contribution in [0.2, 0.25) is 0 Å². The lowest BCUT2D eigenvalue weighted by atomic mass is 9.94. The van der Waals surface area contributed by atoms with Crippen molar-refractivity contribution in [1.82, 2.24) is 10.2 Å². The Morgan fingerprint density at radius 2 is 1.87 bits per heavy atom. The zero-order valence-corrected chi connectivity index (χ0v) is 18.0. The maximum Gasteiger partial charge on any atom is 0.339 e. The van der Waals surface area contributed by atoms with Crippen LogP contribution < -0.4 is 9.50 Å². The Hall–Kier alpha value is -2.98. The molecule has 1 aliphatic rings. The van der Waals surface area contributed by atoms with Gasteiger partial charge < -0.3 is 14.4 Å². The fourth-order valence-corrected chi connectivity index (χ4v) is 4.40. The lowest BCUT2D eigenvalue weighted by molar-refractivity contribution is -0.385. The molecule has 0 spiro atoms. The molecule has 0 aliphatic carbocycles. The summed E-state index contributed by atoms with van der Waals surface area (Å²) >= 11 is 0. The highest BCUT2D eigenvalue weighted by Gasteiger charge is 2.20. The summed E-state index contributed by atoms with van der Waals surface area (Å²) in [7, 11) is -2.13. The van der Waals surface area contributed by atoms with Crippen molar-refractivity contribution in [2.45, 2.75) is 24.2 Å². The first-order valence-electron chi connectivity index (χ1n) is 10.0. The fourth-order valence-electron chi connectivity index (χ4n) is 3.43. The van der Waals surface area contributed by atoms with Crippen molar-refractivity contribution in [1.29, 1.82) is 0 Å². The third-order valence-electron chi connectivity index (χ3n) is 5.32. The minimum atomic E-state index is -4.24. The molecule has 166 valence electrons. The number of carbonyl (C=O) groups is 1. The molecule has 0 unspecified atom stereocenters. The third-order valence-corrected chi connectivity index (χ3v) is 6.56. The normalized spacial score (nSPS) is 15.4. The molecule has 10 heteroatoms. The smallest absolute Gasteiger partial charge is 0.339 e. The van der Waals surface area contributed by atoms with Gasteiger partial charge in [-0.15, -0.1) is 0 Å². The standard InChI is InChI=1S/C21H25N3O6S/c1-23-13-10-16(11-14-23)9-12-22-21(25)17-5-7-19(8-6-17)30-31(28,29)20-4-2-3-18(15-20)24(26)27/h2-8,15-16H,9-14H2,1H3,(H,22,25). The van der Waals surface area contributed by atoms with Gasteiger partial charge in [0.1, 0.15) is 10.6 Å². The van der Waals surface area contributed by atoms with Crippen molar-refractivity contribution >= 4 is 21.7 Å². The number of nitrogens with zero attached hydrogens (tertiary/aromatic N) is 2. The quantitative estimate of drug-likeness (QED) is 0.375. The van der Waals surface area contributed by atoms with Gasteiger partial charge in [0, 0.05) is 24.2 Å². The van der Waals surface area contributed by atoms with E-state index in [9.17, 15) is 23.3 Å². The van der Waals surface area contributed by atoms with Crippen molar-refractivity contribution in [3.05, 3.63) is 64.2 Å². The van der Waals surface area contributed by atoms with Gasteiger partial charge in [0.15, 0.2) is 0 Å². The fraction of sp³-hybridized carbons (Fsp3) is 0.381. The summed E-state index contributed by atoms with van der Waals surface area (Å²) in [6.45, 7) is 2.76. The van der Waals surface area contributed by atoms with E-state index in [1.807, 2.05) is 0 Å². The number of hydrogen-bond acceptors (Lipinski definition) is 7. The Morgan fingerprint density at radius 1 is 1.19 bits per heavy atom. The predicted molar refractivity (Wildman–Crippen MR) is 115 cm³/mol. The molecule has 0 radical (unpaired) electrons. The molecule has 1 amide bonds. The first-order chi connectivity index (χ1) is 14.7. The van der Waals surface area contributed by atoms with Gasteiger partial charge in [-0.1, -0.05) is 6.07 Å². The van der Waals surface area contributed by atoms with Crippen molar-refractivity contribution in [2.75, 3.05) is 26.7 Å². The van der Waals surface area contributed by atoms with E-state index in [2.05, 4.69) is 17.3 Å². The van der Waals surface area contributed by atoms with Gasteiger partial charge in [0.25, 0.3) is 11.6 Å². The molecule has 2 aromatic rings. The number of nitro benzene ring substituents is 1. The van der Waals surface area contributed by atoms with E-state index in [-0.39, 0.29) is 22.2 Å². The summed E-state index contributed by atoms with van der Waals surface area (Å²) in [5, 5.41) is 13.7. The molecular weight excluding hydrogens is 422 g/mol. The van der Waals surface area contributed by atoms with Crippen molar-refractivity contribution in [3.63, 3.8) is 0 Å². The summed E-state index contributed by atoms with van der Waals surface area (Å²) in [4.78, 5) is 24.5. The van der Waals surface area contributed by atoms with E-state index in [0.717, 1.165) is 38.4 Å². The Labute approximate surface area is 181 Å². The molecule has 9 nitrogen and oxygen atoms in total. The van der Waals surface area contributed by atoms with Crippen LogP contribution in [0.3, 0.4) is 0 Å². The second-order valence-electron chi connectivity index (χ2n) is 7.61. The number of amides is 1. The molecule has 3 rings (SSSR count). The minimum Gasteiger partial charge on any atom is -0.379 e. The number of rotatable bonds is 8. The zero-order chi connectivity index (χ0) is 22.4. The lowest BCUT2D eigenvalue weighted by Gasteiger charge is -2.28. The SMILES string of the molecule is CN1CCC(CCNC(=O)c2ccc(OS(=O)(=O)c3cccc([N+](=O)[O-])c3)cc2)CC1. The molecule has 1 saturated heterocycles. The van der Waals surface area contributed by atoms with Crippen LogP contribution in [0.4, 0.5) is 5.69 Å². The molecule has 0 atom stereocenters. The summed E-state index contributed by atoms with van der Waals surface area (Å²) in [6, 6.07) is 10.3. The van der Waals surface area contributed by atoms with Crippen LogP contribution in [0.5, 0.6) is 5.75 Å². The van der Waals surface area contributed by atoms with E-state index in [1.165, 1.54) is 42.5 Å². The largest absolute Gasteiger partial charge is 0.379 e. The molecule has 0 aromatic heterocycles. The number of piperidine rings is 1. The van der Waals surface area contributed by atoms with Gasteiger partial charge in [-0.3, -0.25) is 14.9 Å². The first-order valence-corrected chi connectivity index (χ1v) is 11.4.